The molecule has 0 aliphatic carbocycles. The number of benzene rings is 3. The molecular formula is C36H32F2O6. The first kappa shape index (κ1) is 33.2. The highest BCUT2D eigenvalue weighted by Gasteiger charge is 2.07. The monoisotopic (exact) mass is 598 g/mol. The van der Waals surface area contributed by atoms with Crippen molar-refractivity contribution in [2.24, 2.45) is 0 Å². The number of carbonyl (C=O) groups excluding carboxylic acids is 2. The highest BCUT2D eigenvalue weighted by atomic mass is 19.1. The summed E-state index contributed by atoms with van der Waals surface area (Å²) >= 11 is 0. The van der Waals surface area contributed by atoms with Gasteiger partial charge < -0.3 is 18.9 Å². The van der Waals surface area contributed by atoms with Crippen molar-refractivity contribution in [1.29, 1.82) is 0 Å². The lowest BCUT2D eigenvalue weighted by Crippen LogP contribution is -2.04. The Labute approximate surface area is 256 Å². The molecule has 226 valence electrons. The molecule has 0 aliphatic heterocycles. The van der Waals surface area contributed by atoms with Crippen LogP contribution in [-0.2, 0) is 19.1 Å². The number of halogens is 2. The minimum atomic E-state index is -0.676. The lowest BCUT2D eigenvalue weighted by molar-refractivity contribution is -0.138. The van der Waals surface area contributed by atoms with Crippen LogP contribution in [0, 0.1) is 35.3 Å². The van der Waals surface area contributed by atoms with Crippen LogP contribution < -0.4 is 9.47 Å². The molecule has 3 aromatic rings. The van der Waals surface area contributed by atoms with Gasteiger partial charge in [-0.2, -0.15) is 0 Å². The van der Waals surface area contributed by atoms with E-state index in [0.717, 1.165) is 24.3 Å². The molecule has 3 rings (SSSR count). The normalized spacial score (nSPS) is 9.86. The average Bonchev–Trinajstić information content (AvgIpc) is 3.04. The van der Waals surface area contributed by atoms with Crippen molar-refractivity contribution < 1.29 is 37.3 Å². The number of unbranched alkanes of at least 4 members (excludes halogenated alkanes) is 2. The zero-order valence-corrected chi connectivity index (χ0v) is 24.2. The van der Waals surface area contributed by atoms with Crippen LogP contribution in [0.25, 0.3) is 0 Å². The van der Waals surface area contributed by atoms with Gasteiger partial charge in [-0.05, 0) is 86.3 Å². The number of carbonyl (C=O) groups is 2. The van der Waals surface area contributed by atoms with Crippen LogP contribution in [0.4, 0.5) is 8.78 Å². The standard InChI is InChI=1S/C36H32F2O6/c1-3-35(39)43-23-7-5-21-41-31-17-11-27(12-18-31)9-15-29-25-34(38)30(26-33(29)37)16-10-28-13-19-32(20-14-28)42-22-6-8-24-44-36(40)4-2/h3-4,11-14,17-20,25-26H,1-2,5-8,21-24H2. The molecule has 0 saturated heterocycles. The number of hydrogen-bond donors (Lipinski definition) is 0. The molecular weight excluding hydrogens is 566 g/mol. The molecule has 44 heavy (non-hydrogen) atoms. The van der Waals surface area contributed by atoms with Gasteiger partial charge in [0.05, 0.1) is 37.6 Å². The van der Waals surface area contributed by atoms with Gasteiger partial charge in [-0.1, -0.05) is 36.8 Å². The van der Waals surface area contributed by atoms with Crippen molar-refractivity contribution in [1.82, 2.24) is 0 Å². The Morgan fingerprint density at radius 2 is 0.955 bits per heavy atom. The largest absolute Gasteiger partial charge is 0.494 e. The van der Waals surface area contributed by atoms with E-state index in [9.17, 15) is 18.4 Å². The molecule has 0 radical (unpaired) electrons. The van der Waals surface area contributed by atoms with E-state index in [0.29, 0.717) is 74.7 Å². The van der Waals surface area contributed by atoms with E-state index in [2.05, 4.69) is 36.8 Å². The summed E-state index contributed by atoms with van der Waals surface area (Å²) in [5, 5.41) is 0. The third-order valence-corrected chi connectivity index (χ3v) is 5.89. The van der Waals surface area contributed by atoms with Gasteiger partial charge >= 0.3 is 11.9 Å². The number of ether oxygens (including phenoxy) is 4. The molecule has 0 aliphatic rings. The Kier molecular flexibility index (Phi) is 13.8. The first-order chi connectivity index (χ1) is 21.4. The van der Waals surface area contributed by atoms with E-state index in [1.54, 1.807) is 48.5 Å². The maximum absolute atomic E-state index is 14.7. The SMILES string of the molecule is C=CC(=O)OCCCCOc1ccc(C#Cc2cc(F)c(C#Cc3ccc(OCCCCOC(=O)C=C)cc3)cc2F)cc1. The van der Waals surface area contributed by atoms with Gasteiger partial charge in [-0.3, -0.25) is 0 Å². The quantitative estimate of drug-likeness (QED) is 0.0909. The van der Waals surface area contributed by atoms with Gasteiger partial charge in [0.2, 0.25) is 0 Å². The summed E-state index contributed by atoms with van der Waals surface area (Å²) in [4.78, 5) is 22.0. The van der Waals surface area contributed by atoms with Gasteiger partial charge in [0, 0.05) is 23.3 Å². The summed E-state index contributed by atoms with van der Waals surface area (Å²) in [5.41, 5.74) is 1.06. The van der Waals surface area contributed by atoms with Crippen LogP contribution >= 0.6 is 0 Å². The molecule has 3 aromatic carbocycles. The van der Waals surface area contributed by atoms with E-state index in [4.69, 9.17) is 18.9 Å². The Balaban J connectivity index is 1.48. The fourth-order valence-corrected chi connectivity index (χ4v) is 3.54. The highest BCUT2D eigenvalue weighted by Crippen LogP contribution is 2.16. The van der Waals surface area contributed by atoms with E-state index in [1.807, 2.05) is 0 Å². The highest BCUT2D eigenvalue weighted by molar-refractivity contribution is 5.81. The second kappa shape index (κ2) is 18.3. The Hall–Kier alpha value is -5.34. The molecule has 6 nitrogen and oxygen atoms in total. The van der Waals surface area contributed by atoms with Crippen molar-refractivity contribution in [3.05, 3.63) is 120 Å². The molecule has 0 spiro atoms. The predicted octanol–water partition coefficient (Wildman–Crippen LogP) is 6.54. The molecule has 0 amide bonds. The minimum absolute atomic E-state index is 0.0779. The van der Waals surface area contributed by atoms with Crippen molar-refractivity contribution in [3.63, 3.8) is 0 Å². The van der Waals surface area contributed by atoms with Crippen LogP contribution in [-0.4, -0.2) is 38.4 Å². The predicted molar refractivity (Wildman–Crippen MR) is 163 cm³/mol. The zero-order valence-electron chi connectivity index (χ0n) is 24.2. The van der Waals surface area contributed by atoms with Gasteiger partial charge in [0.1, 0.15) is 23.1 Å². The summed E-state index contributed by atoms with van der Waals surface area (Å²) in [6.07, 6.45) is 4.99. The van der Waals surface area contributed by atoms with Crippen molar-refractivity contribution in [2.75, 3.05) is 26.4 Å². The molecule has 0 saturated carbocycles. The lowest BCUT2D eigenvalue weighted by Gasteiger charge is -2.06. The van der Waals surface area contributed by atoms with Crippen LogP contribution in [0.3, 0.4) is 0 Å². The van der Waals surface area contributed by atoms with Gasteiger partial charge in [0.15, 0.2) is 0 Å². The second-order valence-electron chi connectivity index (χ2n) is 9.22. The summed E-state index contributed by atoms with van der Waals surface area (Å²) in [7, 11) is 0. The minimum Gasteiger partial charge on any atom is -0.494 e. The topological polar surface area (TPSA) is 71.1 Å². The summed E-state index contributed by atoms with van der Waals surface area (Å²) in [6.45, 7) is 8.19. The summed E-state index contributed by atoms with van der Waals surface area (Å²) < 4.78 is 50.5. The maximum atomic E-state index is 14.7. The van der Waals surface area contributed by atoms with Gasteiger partial charge in [0.25, 0.3) is 0 Å². The smallest absolute Gasteiger partial charge is 0.330 e. The molecule has 0 atom stereocenters. The van der Waals surface area contributed by atoms with Crippen LogP contribution in [0.5, 0.6) is 11.5 Å². The first-order valence-electron chi connectivity index (χ1n) is 13.9. The van der Waals surface area contributed by atoms with E-state index in [1.165, 1.54) is 0 Å². The van der Waals surface area contributed by atoms with Crippen LogP contribution in [0.15, 0.2) is 86.0 Å². The number of rotatable bonds is 14. The molecule has 0 N–H and O–H groups in total. The van der Waals surface area contributed by atoms with Gasteiger partial charge in [-0.25, -0.2) is 18.4 Å². The number of hydrogen-bond acceptors (Lipinski definition) is 6. The fraction of sp³-hybridized carbons (Fsp3) is 0.222. The van der Waals surface area contributed by atoms with E-state index in [-0.39, 0.29) is 11.1 Å². The average molecular weight is 599 g/mol. The third kappa shape index (κ3) is 11.9. The first-order valence-corrected chi connectivity index (χ1v) is 13.9. The lowest BCUT2D eigenvalue weighted by atomic mass is 10.1. The van der Waals surface area contributed by atoms with E-state index < -0.39 is 23.6 Å². The van der Waals surface area contributed by atoms with Crippen molar-refractivity contribution >= 4 is 11.9 Å². The van der Waals surface area contributed by atoms with Crippen LogP contribution in [0.1, 0.15) is 47.9 Å². The summed E-state index contributed by atoms with van der Waals surface area (Å²) in [5.74, 6) is 10.0. The Morgan fingerprint density at radius 1 is 0.591 bits per heavy atom. The molecule has 0 aromatic heterocycles. The second-order valence-corrected chi connectivity index (χ2v) is 9.22. The molecule has 0 fully saturated rings. The van der Waals surface area contributed by atoms with Gasteiger partial charge in [-0.15, -0.1) is 0 Å². The van der Waals surface area contributed by atoms with E-state index >= 15 is 0 Å². The molecule has 8 heteroatoms. The summed E-state index contributed by atoms with van der Waals surface area (Å²) in [6, 6.07) is 15.9. The zero-order chi connectivity index (χ0) is 31.6. The number of esters is 2. The maximum Gasteiger partial charge on any atom is 0.330 e. The molecule has 0 bridgehead atoms. The third-order valence-electron chi connectivity index (χ3n) is 5.89. The molecule has 0 heterocycles. The van der Waals surface area contributed by atoms with Crippen LogP contribution in [0.2, 0.25) is 0 Å². The molecule has 0 unspecified atom stereocenters. The van der Waals surface area contributed by atoms with Crippen molar-refractivity contribution in [2.45, 2.75) is 25.7 Å². The Morgan fingerprint density at radius 3 is 1.32 bits per heavy atom. The Bertz CT molecular complexity index is 1440. The fourth-order valence-electron chi connectivity index (χ4n) is 3.54. The van der Waals surface area contributed by atoms with Crippen molar-refractivity contribution in [3.8, 4) is 35.2 Å².